The zero-order valence-corrected chi connectivity index (χ0v) is 31.7. The van der Waals surface area contributed by atoms with Crippen LogP contribution in [0, 0.1) is 5.41 Å². The van der Waals surface area contributed by atoms with Gasteiger partial charge in [0.2, 0.25) is 0 Å². The Morgan fingerprint density at radius 2 is 0.907 bits per heavy atom. The molecular formula is C47H53NO6. The molecule has 0 spiro atoms. The summed E-state index contributed by atoms with van der Waals surface area (Å²) in [5.74, 6) is 1.75. The zero-order chi connectivity index (χ0) is 37.1. The molecule has 0 unspecified atom stereocenters. The lowest BCUT2D eigenvalue weighted by Crippen LogP contribution is -2.49. The van der Waals surface area contributed by atoms with Crippen LogP contribution in [0.15, 0.2) is 127 Å². The molecule has 0 aliphatic carbocycles. The fourth-order valence-corrected chi connectivity index (χ4v) is 6.65. The van der Waals surface area contributed by atoms with Crippen LogP contribution >= 0.6 is 0 Å². The first-order valence-corrected chi connectivity index (χ1v) is 19.3. The minimum Gasteiger partial charge on any atom is -0.494 e. The molecule has 282 valence electrons. The Morgan fingerprint density at radius 1 is 0.481 bits per heavy atom. The van der Waals surface area contributed by atoms with Crippen LogP contribution in [0.3, 0.4) is 0 Å². The Hall–Kier alpha value is -4.66. The van der Waals surface area contributed by atoms with E-state index in [-0.39, 0.29) is 11.0 Å². The van der Waals surface area contributed by atoms with E-state index in [4.69, 9.17) is 28.4 Å². The summed E-state index contributed by atoms with van der Waals surface area (Å²) in [7, 11) is 0. The number of nitrogens with zero attached hydrogens (tertiary/aromatic N) is 1. The number of anilines is 3. The van der Waals surface area contributed by atoms with Gasteiger partial charge in [-0.3, -0.25) is 0 Å². The van der Waals surface area contributed by atoms with Crippen LogP contribution < -0.4 is 14.4 Å². The first kappa shape index (κ1) is 37.6. The van der Waals surface area contributed by atoms with E-state index in [0.29, 0.717) is 26.4 Å². The SMILES string of the molecule is CC1(COCCCCOc2ccc(N(c3ccc(-c4ccccc4)cc3)c3ccc(-c4ccc(OCCCCOC5(C)COC5)cc4)cc3)cc2)COC1. The van der Waals surface area contributed by atoms with E-state index in [9.17, 15) is 0 Å². The van der Waals surface area contributed by atoms with Crippen molar-refractivity contribution < 1.29 is 28.4 Å². The zero-order valence-electron chi connectivity index (χ0n) is 31.7. The number of hydrogen-bond acceptors (Lipinski definition) is 7. The lowest BCUT2D eigenvalue weighted by atomic mass is 9.90. The van der Waals surface area contributed by atoms with Crippen molar-refractivity contribution >= 4 is 17.1 Å². The summed E-state index contributed by atoms with van der Waals surface area (Å²) < 4.78 is 34.5. The second kappa shape index (κ2) is 18.1. The average Bonchev–Trinajstić information content (AvgIpc) is 3.19. The summed E-state index contributed by atoms with van der Waals surface area (Å²) in [5, 5.41) is 0. The molecule has 0 aromatic heterocycles. The first-order chi connectivity index (χ1) is 26.5. The maximum Gasteiger partial charge on any atom is 0.119 e. The van der Waals surface area contributed by atoms with Crippen molar-refractivity contribution in [2.24, 2.45) is 5.41 Å². The minimum atomic E-state index is -0.0942. The second-order valence-corrected chi connectivity index (χ2v) is 15.1. The molecule has 7 heteroatoms. The van der Waals surface area contributed by atoms with Crippen molar-refractivity contribution in [3.05, 3.63) is 127 Å². The summed E-state index contributed by atoms with van der Waals surface area (Å²) in [6.45, 7) is 10.9. The summed E-state index contributed by atoms with van der Waals surface area (Å²) >= 11 is 0. The number of benzene rings is 5. The molecule has 54 heavy (non-hydrogen) atoms. The summed E-state index contributed by atoms with van der Waals surface area (Å²) in [6.07, 6.45) is 3.85. The molecule has 0 N–H and O–H groups in total. The van der Waals surface area contributed by atoms with Gasteiger partial charge in [-0.2, -0.15) is 0 Å². The van der Waals surface area contributed by atoms with E-state index in [1.807, 2.05) is 6.07 Å². The van der Waals surface area contributed by atoms with Gasteiger partial charge >= 0.3 is 0 Å². The third kappa shape index (κ3) is 10.1. The molecule has 7 rings (SSSR count). The molecule has 5 aromatic rings. The van der Waals surface area contributed by atoms with Crippen molar-refractivity contribution in [3.63, 3.8) is 0 Å². The predicted molar refractivity (Wildman–Crippen MR) is 216 cm³/mol. The molecule has 0 amide bonds. The second-order valence-electron chi connectivity index (χ2n) is 15.1. The third-order valence-corrected chi connectivity index (χ3v) is 10.0. The summed E-state index contributed by atoms with van der Waals surface area (Å²) in [6, 6.07) is 44.7. The van der Waals surface area contributed by atoms with Crippen molar-refractivity contribution in [2.45, 2.75) is 45.1 Å². The Labute approximate surface area is 320 Å². The van der Waals surface area contributed by atoms with E-state index in [0.717, 1.165) is 98.4 Å². The van der Waals surface area contributed by atoms with Gasteiger partial charge in [-0.1, -0.05) is 73.7 Å². The molecule has 2 aliphatic rings. The molecule has 0 bridgehead atoms. The molecule has 2 fully saturated rings. The van der Waals surface area contributed by atoms with Gasteiger partial charge in [0.15, 0.2) is 0 Å². The number of ether oxygens (including phenoxy) is 6. The van der Waals surface area contributed by atoms with Crippen molar-refractivity contribution in [3.8, 4) is 33.8 Å². The van der Waals surface area contributed by atoms with Gasteiger partial charge in [0.25, 0.3) is 0 Å². The smallest absolute Gasteiger partial charge is 0.119 e. The molecule has 2 saturated heterocycles. The van der Waals surface area contributed by atoms with Crippen molar-refractivity contribution in [1.29, 1.82) is 0 Å². The lowest BCUT2D eigenvalue weighted by Gasteiger charge is -2.37. The fraction of sp³-hybridized carbons (Fsp3) is 0.362. The highest BCUT2D eigenvalue weighted by molar-refractivity contribution is 5.80. The van der Waals surface area contributed by atoms with Gasteiger partial charge in [0, 0.05) is 35.7 Å². The molecule has 2 heterocycles. The monoisotopic (exact) mass is 727 g/mol. The highest BCUT2D eigenvalue weighted by atomic mass is 16.6. The van der Waals surface area contributed by atoms with Gasteiger partial charge in [0.1, 0.15) is 17.1 Å². The minimum absolute atomic E-state index is 0.0942. The van der Waals surface area contributed by atoms with E-state index in [1.54, 1.807) is 0 Å². The Kier molecular flexibility index (Phi) is 12.6. The maximum atomic E-state index is 6.11. The first-order valence-electron chi connectivity index (χ1n) is 19.3. The topological polar surface area (TPSA) is 58.6 Å². The van der Waals surface area contributed by atoms with E-state index >= 15 is 0 Å². The number of unbranched alkanes of at least 4 members (excludes halogenated alkanes) is 2. The maximum absolute atomic E-state index is 6.11. The Balaban J connectivity index is 0.969. The van der Waals surface area contributed by atoms with Crippen LogP contribution in [-0.4, -0.2) is 65.1 Å². The largest absolute Gasteiger partial charge is 0.494 e. The quantitative estimate of drug-likeness (QED) is 0.0740. The Morgan fingerprint density at radius 3 is 1.39 bits per heavy atom. The summed E-state index contributed by atoms with van der Waals surface area (Å²) in [5.41, 5.74) is 8.00. The normalized spacial score (nSPS) is 15.5. The highest BCUT2D eigenvalue weighted by Gasteiger charge is 2.34. The van der Waals surface area contributed by atoms with Gasteiger partial charge in [0.05, 0.1) is 46.2 Å². The van der Waals surface area contributed by atoms with Gasteiger partial charge in [-0.05, 0) is 116 Å². The standard InChI is InChI=1S/C47H53NO6/c1-46(33-50-34-46)32-49-28-6-7-29-53-45-26-22-43(23-27-45)48(41-18-12-38(13-19-41)37-10-4-3-5-11-37)42-20-14-39(15-21-42)40-16-24-44(25-17-40)52-30-8-9-31-54-47(2)35-51-36-47/h3-5,10-27H,6-9,28-36H2,1-2H3. The van der Waals surface area contributed by atoms with Crippen molar-refractivity contribution in [2.75, 3.05) is 64.4 Å². The van der Waals surface area contributed by atoms with E-state index < -0.39 is 0 Å². The molecule has 7 nitrogen and oxygen atoms in total. The van der Waals surface area contributed by atoms with E-state index in [2.05, 4.69) is 140 Å². The van der Waals surface area contributed by atoms with Crippen LogP contribution in [0.4, 0.5) is 17.1 Å². The van der Waals surface area contributed by atoms with Crippen molar-refractivity contribution in [1.82, 2.24) is 0 Å². The average molecular weight is 728 g/mol. The van der Waals surface area contributed by atoms with Gasteiger partial charge in [-0.15, -0.1) is 0 Å². The van der Waals surface area contributed by atoms with E-state index in [1.165, 1.54) is 11.1 Å². The number of hydrogen-bond donors (Lipinski definition) is 0. The van der Waals surface area contributed by atoms with Crippen LogP contribution in [-0.2, 0) is 18.9 Å². The molecule has 2 aliphatic heterocycles. The molecule has 0 saturated carbocycles. The van der Waals surface area contributed by atoms with Gasteiger partial charge < -0.3 is 33.3 Å². The van der Waals surface area contributed by atoms with Crippen LogP contribution in [0.2, 0.25) is 0 Å². The highest BCUT2D eigenvalue weighted by Crippen LogP contribution is 2.37. The molecule has 5 aromatic carbocycles. The summed E-state index contributed by atoms with van der Waals surface area (Å²) in [4.78, 5) is 2.29. The van der Waals surface area contributed by atoms with Gasteiger partial charge in [-0.25, -0.2) is 0 Å². The molecule has 0 atom stereocenters. The fourth-order valence-electron chi connectivity index (χ4n) is 6.65. The predicted octanol–water partition coefficient (Wildman–Crippen LogP) is 10.7. The third-order valence-electron chi connectivity index (χ3n) is 10.0. The van der Waals surface area contributed by atoms with Crippen LogP contribution in [0.1, 0.15) is 39.5 Å². The molecular weight excluding hydrogens is 675 g/mol. The molecule has 0 radical (unpaired) electrons. The number of rotatable bonds is 20. The van der Waals surface area contributed by atoms with Crippen LogP contribution in [0.25, 0.3) is 22.3 Å². The lowest BCUT2D eigenvalue weighted by molar-refractivity contribution is -0.199. The van der Waals surface area contributed by atoms with Crippen LogP contribution in [0.5, 0.6) is 11.5 Å². The Bertz CT molecular complexity index is 1850.